The van der Waals surface area contributed by atoms with Crippen LogP contribution in [0.2, 0.25) is 0 Å². The summed E-state index contributed by atoms with van der Waals surface area (Å²) >= 11 is 0. The molecule has 1 aromatic rings. The Kier molecular flexibility index (Phi) is 5.85. The zero-order valence-electron chi connectivity index (χ0n) is 14.8. The number of hydrogen-bond acceptors (Lipinski definition) is 4. The van der Waals surface area contributed by atoms with Crippen LogP contribution in [-0.2, 0) is 16.0 Å². The number of aromatic nitrogens is 1. The molecular weight excluding hydrogens is 302 g/mol. The lowest BCUT2D eigenvalue weighted by molar-refractivity contribution is -0.135. The van der Waals surface area contributed by atoms with Crippen LogP contribution in [0, 0.1) is 11.8 Å². The van der Waals surface area contributed by atoms with Crippen LogP contribution < -0.4 is 5.32 Å². The van der Waals surface area contributed by atoms with Crippen molar-refractivity contribution in [2.75, 3.05) is 26.3 Å². The molecular formula is C19H29N3O2. The maximum Gasteiger partial charge on any atom is 0.225 e. The van der Waals surface area contributed by atoms with Crippen LogP contribution in [0.1, 0.15) is 32.3 Å². The number of nitrogens with zero attached hydrogens (tertiary/aromatic N) is 2. The number of rotatable bonds is 5. The predicted molar refractivity (Wildman–Crippen MR) is 93.6 cm³/mol. The number of carbonyl (C=O) groups is 1. The average molecular weight is 331 g/mol. The third kappa shape index (κ3) is 4.33. The first kappa shape index (κ1) is 17.4. The molecule has 2 atom stereocenters. The van der Waals surface area contributed by atoms with E-state index in [1.165, 1.54) is 5.56 Å². The van der Waals surface area contributed by atoms with Gasteiger partial charge < -0.3 is 15.0 Å². The van der Waals surface area contributed by atoms with Gasteiger partial charge in [0, 0.05) is 49.4 Å². The van der Waals surface area contributed by atoms with Gasteiger partial charge in [-0.05, 0) is 37.0 Å². The van der Waals surface area contributed by atoms with Crippen LogP contribution in [0.4, 0.5) is 0 Å². The van der Waals surface area contributed by atoms with Crippen molar-refractivity contribution in [1.29, 1.82) is 0 Å². The van der Waals surface area contributed by atoms with Crippen molar-refractivity contribution >= 4 is 5.91 Å². The van der Waals surface area contributed by atoms with Gasteiger partial charge in [-0.2, -0.15) is 0 Å². The number of hydrogen-bond donors (Lipinski definition) is 1. The summed E-state index contributed by atoms with van der Waals surface area (Å²) in [5, 5.41) is 3.80. The molecule has 0 spiro atoms. The van der Waals surface area contributed by atoms with Crippen LogP contribution in [0.5, 0.6) is 0 Å². The lowest BCUT2D eigenvalue weighted by Crippen LogP contribution is -2.50. The van der Waals surface area contributed by atoms with Gasteiger partial charge in [0.05, 0.1) is 13.2 Å². The summed E-state index contributed by atoms with van der Waals surface area (Å²) in [5.41, 5.74) is 1.32. The minimum Gasteiger partial charge on any atom is -0.379 e. The highest BCUT2D eigenvalue weighted by Gasteiger charge is 2.32. The Morgan fingerprint density at radius 3 is 2.67 bits per heavy atom. The molecule has 0 saturated carbocycles. The predicted octanol–water partition coefficient (Wildman–Crippen LogP) is 1.88. The molecule has 24 heavy (non-hydrogen) atoms. The Bertz CT molecular complexity index is 527. The fourth-order valence-electron chi connectivity index (χ4n) is 3.74. The molecule has 5 nitrogen and oxygen atoms in total. The highest BCUT2D eigenvalue weighted by Crippen LogP contribution is 2.21. The van der Waals surface area contributed by atoms with Crippen LogP contribution in [0.25, 0.3) is 0 Å². The number of nitrogens with one attached hydrogen (secondary N) is 1. The third-order valence-corrected chi connectivity index (χ3v) is 5.20. The second-order valence-corrected chi connectivity index (χ2v) is 7.38. The van der Waals surface area contributed by atoms with E-state index < -0.39 is 0 Å². The molecule has 0 aliphatic carbocycles. The summed E-state index contributed by atoms with van der Waals surface area (Å²) in [6, 6.07) is 5.08. The van der Waals surface area contributed by atoms with E-state index in [9.17, 15) is 4.79 Å². The number of pyridine rings is 1. The Morgan fingerprint density at radius 2 is 2.00 bits per heavy atom. The van der Waals surface area contributed by atoms with E-state index in [0.717, 1.165) is 45.6 Å². The van der Waals surface area contributed by atoms with E-state index in [1.54, 1.807) is 0 Å². The SMILES string of the molecule is CC(C)C(=O)N1CCC(N[C@@H]2COC[C@H]2Cc2ccncc2)CC1. The van der Waals surface area contributed by atoms with Crippen molar-refractivity contribution in [3.63, 3.8) is 0 Å². The molecule has 132 valence electrons. The van der Waals surface area contributed by atoms with Gasteiger partial charge in [-0.15, -0.1) is 0 Å². The summed E-state index contributed by atoms with van der Waals surface area (Å²) in [5.74, 6) is 0.901. The summed E-state index contributed by atoms with van der Waals surface area (Å²) < 4.78 is 5.73. The van der Waals surface area contributed by atoms with Crippen LogP contribution >= 0.6 is 0 Å². The Labute approximate surface area is 144 Å². The van der Waals surface area contributed by atoms with E-state index >= 15 is 0 Å². The van der Waals surface area contributed by atoms with E-state index in [0.29, 0.717) is 18.0 Å². The highest BCUT2D eigenvalue weighted by atomic mass is 16.5. The van der Waals surface area contributed by atoms with Crippen molar-refractivity contribution in [3.8, 4) is 0 Å². The molecule has 1 aromatic heterocycles. The first-order chi connectivity index (χ1) is 11.6. The van der Waals surface area contributed by atoms with Gasteiger partial charge in [0.25, 0.3) is 0 Å². The largest absolute Gasteiger partial charge is 0.379 e. The zero-order valence-corrected chi connectivity index (χ0v) is 14.8. The van der Waals surface area contributed by atoms with Crippen molar-refractivity contribution < 1.29 is 9.53 Å². The van der Waals surface area contributed by atoms with Gasteiger partial charge in [-0.1, -0.05) is 13.8 Å². The molecule has 2 aliphatic heterocycles. The van der Waals surface area contributed by atoms with Gasteiger partial charge >= 0.3 is 0 Å². The molecule has 3 rings (SSSR count). The first-order valence-corrected chi connectivity index (χ1v) is 9.15. The molecule has 1 N–H and O–H groups in total. The molecule has 3 heterocycles. The maximum atomic E-state index is 12.1. The number of carbonyl (C=O) groups excluding carboxylic acids is 1. The topological polar surface area (TPSA) is 54.5 Å². The van der Waals surface area contributed by atoms with E-state index in [4.69, 9.17) is 4.74 Å². The number of amides is 1. The fourth-order valence-corrected chi connectivity index (χ4v) is 3.74. The van der Waals surface area contributed by atoms with Gasteiger partial charge in [0.1, 0.15) is 0 Å². The van der Waals surface area contributed by atoms with Gasteiger partial charge in [-0.3, -0.25) is 9.78 Å². The molecule has 2 saturated heterocycles. The van der Waals surface area contributed by atoms with Crippen molar-refractivity contribution in [2.24, 2.45) is 11.8 Å². The minimum absolute atomic E-state index is 0.0995. The van der Waals surface area contributed by atoms with Crippen molar-refractivity contribution in [1.82, 2.24) is 15.2 Å². The summed E-state index contributed by atoms with van der Waals surface area (Å²) in [6.07, 6.45) is 6.82. The second kappa shape index (κ2) is 8.08. The van der Waals surface area contributed by atoms with E-state index in [-0.39, 0.29) is 11.8 Å². The summed E-state index contributed by atoms with van der Waals surface area (Å²) in [4.78, 5) is 18.2. The zero-order chi connectivity index (χ0) is 16.9. The minimum atomic E-state index is 0.0995. The van der Waals surface area contributed by atoms with Gasteiger partial charge in [0.2, 0.25) is 5.91 Å². The first-order valence-electron chi connectivity index (χ1n) is 9.15. The Hall–Kier alpha value is -1.46. The lowest BCUT2D eigenvalue weighted by Gasteiger charge is -2.35. The second-order valence-electron chi connectivity index (χ2n) is 7.38. The summed E-state index contributed by atoms with van der Waals surface area (Å²) in [6.45, 7) is 7.32. The van der Waals surface area contributed by atoms with E-state index in [1.807, 2.05) is 31.1 Å². The smallest absolute Gasteiger partial charge is 0.225 e. The van der Waals surface area contributed by atoms with Crippen molar-refractivity contribution in [3.05, 3.63) is 30.1 Å². The lowest BCUT2D eigenvalue weighted by atomic mass is 9.93. The molecule has 1 amide bonds. The quantitative estimate of drug-likeness (QED) is 0.895. The van der Waals surface area contributed by atoms with Crippen LogP contribution in [0.3, 0.4) is 0 Å². The molecule has 0 aromatic carbocycles. The van der Waals surface area contributed by atoms with Gasteiger partial charge in [-0.25, -0.2) is 0 Å². The van der Waals surface area contributed by atoms with Crippen molar-refractivity contribution in [2.45, 2.75) is 45.2 Å². The van der Waals surface area contributed by atoms with Crippen LogP contribution in [-0.4, -0.2) is 54.2 Å². The molecule has 5 heteroatoms. The molecule has 2 aliphatic rings. The monoisotopic (exact) mass is 331 g/mol. The number of piperidine rings is 1. The average Bonchev–Trinajstić information content (AvgIpc) is 3.02. The number of ether oxygens (including phenoxy) is 1. The Morgan fingerprint density at radius 1 is 1.29 bits per heavy atom. The fraction of sp³-hybridized carbons (Fsp3) is 0.684. The number of likely N-dealkylation sites (tertiary alicyclic amines) is 1. The Balaban J connectivity index is 1.48. The summed E-state index contributed by atoms with van der Waals surface area (Å²) in [7, 11) is 0. The molecule has 0 radical (unpaired) electrons. The standard InChI is InChI=1S/C19H29N3O2/c1-14(2)19(23)22-9-5-17(6-10-22)21-18-13-24-12-16(18)11-15-3-7-20-8-4-15/h3-4,7-8,14,16-18,21H,5-6,9-13H2,1-2H3/t16-,18-/m1/s1. The molecule has 0 unspecified atom stereocenters. The normalized spacial score (nSPS) is 25.4. The maximum absolute atomic E-state index is 12.1. The van der Waals surface area contributed by atoms with Gasteiger partial charge in [0.15, 0.2) is 0 Å². The third-order valence-electron chi connectivity index (χ3n) is 5.20. The van der Waals surface area contributed by atoms with Crippen LogP contribution in [0.15, 0.2) is 24.5 Å². The molecule has 2 fully saturated rings. The highest BCUT2D eigenvalue weighted by molar-refractivity contribution is 5.78. The molecule has 0 bridgehead atoms. The van der Waals surface area contributed by atoms with E-state index in [2.05, 4.69) is 22.4 Å².